The largest absolute Gasteiger partial charge is 0.494 e. The fourth-order valence-electron chi connectivity index (χ4n) is 2.89. The van der Waals surface area contributed by atoms with E-state index in [0.29, 0.717) is 50.8 Å². The molecule has 0 saturated carbocycles. The highest BCUT2D eigenvalue weighted by Crippen LogP contribution is 2.26. The van der Waals surface area contributed by atoms with E-state index < -0.39 is 16.1 Å². The number of rotatable bonds is 7. The highest BCUT2D eigenvalue weighted by molar-refractivity contribution is 7.92. The highest BCUT2D eigenvalue weighted by atomic mass is 32.2. The molecule has 1 aliphatic heterocycles. The molecule has 1 aromatic rings. The predicted molar refractivity (Wildman–Crippen MR) is 96.4 cm³/mol. The standard InChI is InChI=1S/C17H26N2O5S/c1-4-16(17(20)18-10-12-23-13-11-18)19(25(3,21)22)14-6-8-15(9-7-14)24-5-2/h6-9,16H,4-5,10-13H2,1-3H3/t16-/m1/s1. The van der Waals surface area contributed by atoms with Crippen LogP contribution in [-0.4, -0.2) is 64.4 Å². The second-order valence-corrected chi connectivity index (χ2v) is 7.71. The van der Waals surface area contributed by atoms with Gasteiger partial charge in [0.1, 0.15) is 11.8 Å². The van der Waals surface area contributed by atoms with Crippen LogP contribution in [0.5, 0.6) is 5.75 Å². The molecular weight excluding hydrogens is 344 g/mol. The molecule has 0 aliphatic carbocycles. The number of amides is 1. The molecule has 1 aliphatic rings. The molecule has 2 rings (SSSR count). The fraction of sp³-hybridized carbons (Fsp3) is 0.588. The normalized spacial score (nSPS) is 16.4. The van der Waals surface area contributed by atoms with Gasteiger partial charge in [0.05, 0.1) is 31.8 Å². The summed E-state index contributed by atoms with van der Waals surface area (Å²) >= 11 is 0. The Kier molecular flexibility index (Phi) is 6.66. The summed E-state index contributed by atoms with van der Waals surface area (Å²) in [6, 6.07) is 5.99. The van der Waals surface area contributed by atoms with Crippen molar-refractivity contribution < 1.29 is 22.7 Å². The van der Waals surface area contributed by atoms with Gasteiger partial charge in [-0.1, -0.05) is 6.92 Å². The minimum atomic E-state index is -3.62. The maximum Gasteiger partial charge on any atom is 0.246 e. The Morgan fingerprint density at radius 2 is 1.84 bits per heavy atom. The lowest BCUT2D eigenvalue weighted by molar-refractivity contribution is -0.136. The summed E-state index contributed by atoms with van der Waals surface area (Å²) in [5.41, 5.74) is 0.458. The van der Waals surface area contributed by atoms with Crippen LogP contribution in [0.4, 0.5) is 5.69 Å². The first-order valence-corrected chi connectivity index (χ1v) is 10.3. The maximum absolute atomic E-state index is 12.9. The highest BCUT2D eigenvalue weighted by Gasteiger charge is 2.34. The first-order chi connectivity index (χ1) is 11.9. The number of benzene rings is 1. The Labute approximate surface area is 149 Å². The molecule has 0 N–H and O–H groups in total. The number of morpholine rings is 1. The summed E-state index contributed by atoms with van der Waals surface area (Å²) in [4.78, 5) is 14.6. The lowest BCUT2D eigenvalue weighted by Gasteiger charge is -2.35. The molecule has 0 radical (unpaired) electrons. The Balaban J connectivity index is 2.32. The summed E-state index contributed by atoms with van der Waals surface area (Å²) in [5, 5.41) is 0. The third kappa shape index (κ3) is 4.85. The number of anilines is 1. The van der Waals surface area contributed by atoms with Gasteiger partial charge < -0.3 is 14.4 Å². The minimum Gasteiger partial charge on any atom is -0.494 e. The fourth-order valence-corrected chi connectivity index (χ4v) is 4.10. The van der Waals surface area contributed by atoms with Crippen LogP contribution >= 0.6 is 0 Å². The zero-order valence-corrected chi connectivity index (χ0v) is 15.8. The first kappa shape index (κ1) is 19.5. The van der Waals surface area contributed by atoms with Crippen molar-refractivity contribution in [2.75, 3.05) is 43.5 Å². The SMILES string of the molecule is CCOc1ccc(N([C@H](CC)C(=O)N2CCOCC2)S(C)(=O)=O)cc1. The van der Waals surface area contributed by atoms with Crippen LogP contribution in [-0.2, 0) is 19.6 Å². The molecule has 8 heteroatoms. The van der Waals surface area contributed by atoms with Gasteiger partial charge in [0.25, 0.3) is 0 Å². The smallest absolute Gasteiger partial charge is 0.246 e. The number of carbonyl (C=O) groups is 1. The summed E-state index contributed by atoms with van der Waals surface area (Å²) < 4.78 is 36.7. The average molecular weight is 370 g/mol. The van der Waals surface area contributed by atoms with Crippen molar-refractivity contribution in [3.63, 3.8) is 0 Å². The van der Waals surface area contributed by atoms with E-state index in [9.17, 15) is 13.2 Å². The van der Waals surface area contributed by atoms with Crippen LogP contribution in [0.25, 0.3) is 0 Å². The summed E-state index contributed by atoms with van der Waals surface area (Å²) in [6.07, 6.45) is 1.51. The molecule has 0 aromatic heterocycles. The average Bonchev–Trinajstić information content (AvgIpc) is 2.60. The van der Waals surface area contributed by atoms with E-state index in [1.807, 2.05) is 13.8 Å². The van der Waals surface area contributed by atoms with Crippen LogP contribution in [0.1, 0.15) is 20.3 Å². The van der Waals surface area contributed by atoms with Crippen molar-refractivity contribution in [1.29, 1.82) is 0 Å². The monoisotopic (exact) mass is 370 g/mol. The van der Waals surface area contributed by atoms with E-state index in [1.54, 1.807) is 29.2 Å². The summed E-state index contributed by atoms with van der Waals surface area (Å²) in [7, 11) is -3.62. The van der Waals surface area contributed by atoms with Crippen LogP contribution in [0.15, 0.2) is 24.3 Å². The molecule has 1 saturated heterocycles. The van der Waals surface area contributed by atoms with Gasteiger partial charge in [-0.3, -0.25) is 9.10 Å². The van der Waals surface area contributed by atoms with E-state index in [2.05, 4.69) is 0 Å². The quantitative estimate of drug-likeness (QED) is 0.727. The Hall–Kier alpha value is -1.80. The van der Waals surface area contributed by atoms with E-state index >= 15 is 0 Å². The molecule has 0 spiro atoms. The van der Waals surface area contributed by atoms with Gasteiger partial charge in [0, 0.05) is 13.1 Å². The Morgan fingerprint density at radius 3 is 2.32 bits per heavy atom. The molecule has 140 valence electrons. The van der Waals surface area contributed by atoms with Crippen molar-refractivity contribution in [3.05, 3.63) is 24.3 Å². The summed E-state index contributed by atoms with van der Waals surface area (Å²) in [6.45, 7) is 6.14. The van der Waals surface area contributed by atoms with Gasteiger partial charge in [-0.15, -0.1) is 0 Å². The lowest BCUT2D eigenvalue weighted by Crippen LogP contribution is -2.53. The molecule has 7 nitrogen and oxygen atoms in total. The number of ether oxygens (including phenoxy) is 2. The van der Waals surface area contributed by atoms with Crippen molar-refractivity contribution in [3.8, 4) is 5.75 Å². The van der Waals surface area contributed by atoms with Gasteiger partial charge >= 0.3 is 0 Å². The predicted octanol–water partition coefficient (Wildman–Crippen LogP) is 1.49. The Morgan fingerprint density at radius 1 is 1.24 bits per heavy atom. The maximum atomic E-state index is 12.9. The molecule has 1 amide bonds. The van der Waals surface area contributed by atoms with Gasteiger partial charge in [-0.25, -0.2) is 8.42 Å². The number of hydrogen-bond acceptors (Lipinski definition) is 5. The van der Waals surface area contributed by atoms with Gasteiger partial charge in [0.2, 0.25) is 15.9 Å². The van der Waals surface area contributed by atoms with Crippen LogP contribution in [0.3, 0.4) is 0 Å². The van der Waals surface area contributed by atoms with E-state index in [1.165, 1.54) is 4.31 Å². The van der Waals surface area contributed by atoms with Crippen molar-refractivity contribution in [2.45, 2.75) is 26.3 Å². The topological polar surface area (TPSA) is 76.2 Å². The third-order valence-electron chi connectivity index (χ3n) is 4.04. The lowest BCUT2D eigenvalue weighted by atomic mass is 10.1. The van der Waals surface area contributed by atoms with Crippen molar-refractivity contribution >= 4 is 21.6 Å². The van der Waals surface area contributed by atoms with Crippen LogP contribution < -0.4 is 9.04 Å². The first-order valence-electron chi connectivity index (χ1n) is 8.47. The molecule has 25 heavy (non-hydrogen) atoms. The zero-order valence-electron chi connectivity index (χ0n) is 15.0. The van der Waals surface area contributed by atoms with Gasteiger partial charge in [0.15, 0.2) is 0 Å². The van der Waals surface area contributed by atoms with Gasteiger partial charge in [-0.2, -0.15) is 0 Å². The summed E-state index contributed by atoms with van der Waals surface area (Å²) in [5.74, 6) is 0.470. The van der Waals surface area contributed by atoms with E-state index in [0.717, 1.165) is 6.26 Å². The second kappa shape index (κ2) is 8.53. The van der Waals surface area contributed by atoms with Crippen LogP contribution in [0.2, 0.25) is 0 Å². The molecule has 0 unspecified atom stereocenters. The van der Waals surface area contributed by atoms with Gasteiger partial charge in [-0.05, 0) is 37.6 Å². The molecule has 1 atom stereocenters. The minimum absolute atomic E-state index is 0.190. The molecule has 1 aromatic carbocycles. The van der Waals surface area contributed by atoms with E-state index in [-0.39, 0.29) is 5.91 Å². The number of hydrogen-bond donors (Lipinski definition) is 0. The second-order valence-electron chi connectivity index (χ2n) is 5.85. The third-order valence-corrected chi connectivity index (χ3v) is 5.22. The molecule has 1 heterocycles. The van der Waals surface area contributed by atoms with E-state index in [4.69, 9.17) is 9.47 Å². The molecule has 0 bridgehead atoms. The zero-order chi connectivity index (χ0) is 18.4. The van der Waals surface area contributed by atoms with Crippen molar-refractivity contribution in [1.82, 2.24) is 4.90 Å². The van der Waals surface area contributed by atoms with Crippen LogP contribution in [0, 0.1) is 0 Å². The molecule has 1 fully saturated rings. The number of sulfonamides is 1. The van der Waals surface area contributed by atoms with Crippen molar-refractivity contribution in [2.24, 2.45) is 0 Å². The molecular formula is C17H26N2O5S. The number of nitrogens with zero attached hydrogens (tertiary/aromatic N) is 2. The Bertz CT molecular complexity index is 669. The number of carbonyl (C=O) groups excluding carboxylic acids is 1.